The van der Waals surface area contributed by atoms with E-state index in [-0.39, 0.29) is 5.91 Å². The maximum absolute atomic E-state index is 12.1. The second kappa shape index (κ2) is 8.63. The Morgan fingerprint density at radius 1 is 0.964 bits per heavy atom. The minimum Gasteiger partial charge on any atom is -0.493 e. The summed E-state index contributed by atoms with van der Waals surface area (Å²) in [4.78, 5) is 16.4. The van der Waals surface area contributed by atoms with E-state index in [1.54, 1.807) is 55.7 Å². The Kier molecular flexibility index (Phi) is 6.01. The van der Waals surface area contributed by atoms with E-state index in [0.717, 1.165) is 0 Å². The van der Waals surface area contributed by atoms with Gasteiger partial charge in [0.25, 0.3) is 5.91 Å². The molecule has 0 saturated heterocycles. The van der Waals surface area contributed by atoms with E-state index in [4.69, 9.17) is 25.8 Å². The highest BCUT2D eigenvalue weighted by atomic mass is 35.5. The average Bonchev–Trinajstić information content (AvgIpc) is 2.74. The molecule has 6 nitrogen and oxygen atoms in total. The maximum atomic E-state index is 12.1. The van der Waals surface area contributed by atoms with Crippen LogP contribution in [0.15, 0.2) is 54.7 Å². The van der Waals surface area contributed by atoms with Crippen LogP contribution in [0.5, 0.6) is 23.1 Å². The molecular weight excluding hydrogens is 380 g/mol. The van der Waals surface area contributed by atoms with Crippen LogP contribution in [0.1, 0.15) is 10.4 Å². The summed E-state index contributed by atoms with van der Waals surface area (Å²) in [5.74, 6) is 1.71. The van der Waals surface area contributed by atoms with Gasteiger partial charge in [0.15, 0.2) is 11.5 Å². The largest absolute Gasteiger partial charge is 0.493 e. The van der Waals surface area contributed by atoms with E-state index in [0.29, 0.717) is 44.8 Å². The number of benzene rings is 2. The molecule has 3 rings (SSSR count). The Labute approximate surface area is 168 Å². The van der Waals surface area contributed by atoms with Gasteiger partial charge < -0.3 is 19.5 Å². The van der Waals surface area contributed by atoms with Crippen LogP contribution in [0.2, 0.25) is 5.02 Å². The molecule has 28 heavy (non-hydrogen) atoms. The maximum Gasteiger partial charge on any atom is 0.251 e. The predicted octanol–water partition coefficient (Wildman–Crippen LogP) is 4.57. The average molecular weight is 399 g/mol. The number of hydrogen-bond donors (Lipinski definition) is 1. The summed E-state index contributed by atoms with van der Waals surface area (Å²) in [6, 6.07) is 13.9. The number of hydrogen-bond acceptors (Lipinski definition) is 5. The lowest BCUT2D eigenvalue weighted by atomic mass is 10.0. The molecule has 0 spiro atoms. The zero-order valence-electron chi connectivity index (χ0n) is 15.7. The normalized spacial score (nSPS) is 10.3. The van der Waals surface area contributed by atoms with Crippen LogP contribution in [0.4, 0.5) is 0 Å². The molecule has 0 radical (unpaired) electrons. The van der Waals surface area contributed by atoms with Gasteiger partial charge in [0.2, 0.25) is 5.88 Å². The molecule has 2 aromatic carbocycles. The van der Waals surface area contributed by atoms with Crippen molar-refractivity contribution >= 4 is 17.5 Å². The smallest absolute Gasteiger partial charge is 0.251 e. The fourth-order valence-corrected chi connectivity index (χ4v) is 2.88. The van der Waals surface area contributed by atoms with Crippen molar-refractivity contribution in [3.8, 4) is 34.3 Å². The van der Waals surface area contributed by atoms with Crippen molar-refractivity contribution in [2.45, 2.75) is 0 Å². The third kappa shape index (κ3) is 4.02. The molecule has 0 saturated carbocycles. The van der Waals surface area contributed by atoms with Crippen molar-refractivity contribution in [1.29, 1.82) is 0 Å². The van der Waals surface area contributed by atoms with Gasteiger partial charge >= 0.3 is 0 Å². The summed E-state index contributed by atoms with van der Waals surface area (Å²) in [5, 5.41) is 3.16. The highest BCUT2D eigenvalue weighted by Crippen LogP contribution is 2.40. The molecule has 3 aromatic rings. The third-order valence-corrected chi connectivity index (χ3v) is 4.30. The van der Waals surface area contributed by atoms with Crippen molar-refractivity contribution in [2.75, 3.05) is 21.3 Å². The van der Waals surface area contributed by atoms with Gasteiger partial charge in [-0.2, -0.15) is 0 Å². The standard InChI is InChI=1S/C21H19ClN2O4/c1-23-20(25)13-6-8-17(28-18-9-7-14(22)12-19(18)26-2)16(11-13)15-5-4-10-24-21(15)27-3/h4-12H,1-3H3,(H,23,25). The Bertz CT molecular complexity index is 1010. The summed E-state index contributed by atoms with van der Waals surface area (Å²) in [6.45, 7) is 0. The number of nitrogens with one attached hydrogen (secondary N) is 1. The van der Waals surface area contributed by atoms with Crippen LogP contribution in [0.3, 0.4) is 0 Å². The van der Waals surface area contributed by atoms with Crippen molar-refractivity contribution in [1.82, 2.24) is 10.3 Å². The van der Waals surface area contributed by atoms with Crippen LogP contribution < -0.4 is 19.5 Å². The number of methoxy groups -OCH3 is 2. The molecule has 0 aliphatic carbocycles. The molecule has 7 heteroatoms. The molecule has 0 aliphatic heterocycles. The number of amides is 1. The monoisotopic (exact) mass is 398 g/mol. The molecule has 0 unspecified atom stereocenters. The van der Waals surface area contributed by atoms with Crippen LogP contribution in [-0.2, 0) is 0 Å². The Hall–Kier alpha value is -3.25. The third-order valence-electron chi connectivity index (χ3n) is 4.07. The first-order chi connectivity index (χ1) is 13.6. The van der Waals surface area contributed by atoms with E-state index in [1.807, 2.05) is 6.07 Å². The van der Waals surface area contributed by atoms with E-state index < -0.39 is 0 Å². The van der Waals surface area contributed by atoms with E-state index in [2.05, 4.69) is 10.3 Å². The van der Waals surface area contributed by atoms with Gasteiger partial charge in [-0.1, -0.05) is 11.6 Å². The second-order valence-corrected chi connectivity index (χ2v) is 6.18. The molecule has 144 valence electrons. The van der Waals surface area contributed by atoms with Crippen molar-refractivity contribution in [3.63, 3.8) is 0 Å². The van der Waals surface area contributed by atoms with Crippen LogP contribution >= 0.6 is 11.6 Å². The molecular formula is C21H19ClN2O4. The van der Waals surface area contributed by atoms with Crippen LogP contribution in [-0.4, -0.2) is 32.2 Å². The summed E-state index contributed by atoms with van der Waals surface area (Å²) < 4.78 is 16.9. The molecule has 0 fully saturated rings. The second-order valence-electron chi connectivity index (χ2n) is 5.75. The molecule has 0 atom stereocenters. The Morgan fingerprint density at radius 3 is 2.46 bits per heavy atom. The van der Waals surface area contributed by atoms with Crippen LogP contribution in [0, 0.1) is 0 Å². The molecule has 0 aliphatic rings. The van der Waals surface area contributed by atoms with E-state index in [1.165, 1.54) is 14.2 Å². The lowest BCUT2D eigenvalue weighted by molar-refractivity contribution is 0.0963. The zero-order valence-corrected chi connectivity index (χ0v) is 16.4. The quantitative estimate of drug-likeness (QED) is 0.658. The Morgan fingerprint density at radius 2 is 1.75 bits per heavy atom. The fourth-order valence-electron chi connectivity index (χ4n) is 2.72. The summed E-state index contributed by atoms with van der Waals surface area (Å²) in [7, 11) is 4.66. The Balaban J connectivity index is 2.14. The van der Waals surface area contributed by atoms with Gasteiger partial charge in [0, 0.05) is 41.0 Å². The molecule has 1 N–H and O–H groups in total. The number of aromatic nitrogens is 1. The van der Waals surface area contributed by atoms with Crippen molar-refractivity contribution in [2.24, 2.45) is 0 Å². The van der Waals surface area contributed by atoms with Gasteiger partial charge in [-0.25, -0.2) is 4.98 Å². The van der Waals surface area contributed by atoms with Crippen LogP contribution in [0.25, 0.3) is 11.1 Å². The van der Waals surface area contributed by atoms with E-state index >= 15 is 0 Å². The van der Waals surface area contributed by atoms with Gasteiger partial charge in [0.1, 0.15) is 5.75 Å². The minimum atomic E-state index is -0.209. The minimum absolute atomic E-state index is 0.209. The van der Waals surface area contributed by atoms with Gasteiger partial charge in [-0.3, -0.25) is 4.79 Å². The first-order valence-electron chi connectivity index (χ1n) is 8.44. The summed E-state index contributed by atoms with van der Waals surface area (Å²) >= 11 is 6.03. The zero-order chi connectivity index (χ0) is 20.1. The van der Waals surface area contributed by atoms with Gasteiger partial charge in [-0.05, 0) is 42.5 Å². The lowest BCUT2D eigenvalue weighted by Gasteiger charge is -2.16. The molecule has 0 bridgehead atoms. The number of nitrogens with zero attached hydrogens (tertiary/aromatic N) is 1. The first-order valence-corrected chi connectivity index (χ1v) is 8.82. The number of ether oxygens (including phenoxy) is 3. The number of rotatable bonds is 6. The number of carbonyl (C=O) groups is 1. The highest BCUT2D eigenvalue weighted by Gasteiger charge is 2.17. The number of halogens is 1. The summed E-state index contributed by atoms with van der Waals surface area (Å²) in [6.07, 6.45) is 1.63. The summed E-state index contributed by atoms with van der Waals surface area (Å²) in [5.41, 5.74) is 1.83. The number of carbonyl (C=O) groups excluding carboxylic acids is 1. The number of pyridine rings is 1. The molecule has 1 amide bonds. The van der Waals surface area contributed by atoms with Crippen molar-refractivity contribution < 1.29 is 19.0 Å². The lowest BCUT2D eigenvalue weighted by Crippen LogP contribution is -2.17. The van der Waals surface area contributed by atoms with Gasteiger partial charge in [-0.15, -0.1) is 0 Å². The SMILES string of the molecule is CNC(=O)c1ccc(Oc2ccc(Cl)cc2OC)c(-c2cccnc2OC)c1. The van der Waals surface area contributed by atoms with Crippen molar-refractivity contribution in [3.05, 3.63) is 65.3 Å². The molecule has 1 heterocycles. The fraction of sp³-hybridized carbons (Fsp3) is 0.143. The van der Waals surface area contributed by atoms with E-state index in [9.17, 15) is 4.79 Å². The van der Waals surface area contributed by atoms with Gasteiger partial charge in [0.05, 0.1) is 14.2 Å². The predicted molar refractivity (Wildman–Crippen MR) is 108 cm³/mol. The highest BCUT2D eigenvalue weighted by molar-refractivity contribution is 6.30. The topological polar surface area (TPSA) is 69.7 Å². The molecule has 1 aromatic heterocycles. The first kappa shape index (κ1) is 19.5.